The number of allylic oxidation sites excluding steroid dienone is 2. The number of furan rings is 1. The molecule has 5 rings (SSSR count). The van der Waals surface area contributed by atoms with Crippen molar-refractivity contribution in [2.75, 3.05) is 0 Å². The van der Waals surface area contributed by atoms with E-state index >= 15 is 0 Å². The molecule has 0 fully saturated rings. The molecule has 1 atom stereocenters. The third-order valence-electron chi connectivity index (χ3n) is 5.97. The number of nitrogens with zero attached hydrogens (tertiary/aromatic N) is 2. The number of hydrogen-bond acceptors (Lipinski definition) is 3. The van der Waals surface area contributed by atoms with Crippen LogP contribution >= 0.6 is 0 Å². The molecule has 1 unspecified atom stereocenters. The second-order valence-electron chi connectivity index (χ2n) is 7.72. The van der Waals surface area contributed by atoms with Gasteiger partial charge in [0, 0.05) is 21.9 Å². The van der Waals surface area contributed by atoms with E-state index < -0.39 is 0 Å². The molecule has 0 N–H and O–H groups in total. The van der Waals surface area contributed by atoms with E-state index in [4.69, 9.17) is 14.4 Å². The third kappa shape index (κ3) is 2.98. The lowest BCUT2D eigenvalue weighted by atomic mass is 9.93. The summed E-state index contributed by atoms with van der Waals surface area (Å²) in [5, 5.41) is 2.09. The van der Waals surface area contributed by atoms with E-state index in [1.165, 1.54) is 11.1 Å². The van der Waals surface area contributed by atoms with Crippen molar-refractivity contribution in [2.24, 2.45) is 4.99 Å². The molecule has 0 radical (unpaired) electrons. The fourth-order valence-electron chi connectivity index (χ4n) is 4.34. The number of aromatic nitrogens is 1. The Morgan fingerprint density at radius 2 is 1.87 bits per heavy atom. The lowest BCUT2D eigenvalue weighted by Gasteiger charge is -2.18. The molecule has 3 nitrogen and oxygen atoms in total. The van der Waals surface area contributed by atoms with Crippen LogP contribution < -0.4 is 0 Å². The molecular weight excluding hydrogens is 368 g/mol. The summed E-state index contributed by atoms with van der Waals surface area (Å²) in [6.45, 7) is 8.38. The van der Waals surface area contributed by atoms with Gasteiger partial charge in [-0.3, -0.25) is 4.99 Å². The Morgan fingerprint density at radius 3 is 2.63 bits per heavy atom. The van der Waals surface area contributed by atoms with Crippen molar-refractivity contribution in [3.8, 4) is 11.3 Å². The molecule has 3 heteroatoms. The van der Waals surface area contributed by atoms with Crippen molar-refractivity contribution >= 4 is 27.8 Å². The fraction of sp³-hybridized carbons (Fsp3) is 0.185. The van der Waals surface area contributed by atoms with Gasteiger partial charge in [0.2, 0.25) is 5.71 Å². The van der Waals surface area contributed by atoms with Crippen LogP contribution in [0, 0.1) is 0 Å². The Hall–Kier alpha value is -3.46. The maximum atomic E-state index is 6.37. The summed E-state index contributed by atoms with van der Waals surface area (Å²) >= 11 is 0. The molecule has 148 valence electrons. The van der Waals surface area contributed by atoms with Crippen molar-refractivity contribution in [2.45, 2.75) is 32.7 Å². The molecule has 0 saturated carbocycles. The Labute approximate surface area is 176 Å². The summed E-state index contributed by atoms with van der Waals surface area (Å²) < 4.78 is 6.37. The molecular formula is C27H24N2O. The van der Waals surface area contributed by atoms with Crippen molar-refractivity contribution in [3.05, 3.63) is 90.0 Å². The second-order valence-corrected chi connectivity index (χ2v) is 7.72. The summed E-state index contributed by atoms with van der Waals surface area (Å²) in [4.78, 5) is 9.80. The molecule has 0 amide bonds. The Balaban J connectivity index is 1.75. The first kappa shape index (κ1) is 18.6. The van der Waals surface area contributed by atoms with Gasteiger partial charge in [-0.2, -0.15) is 0 Å². The first-order chi connectivity index (χ1) is 14.7. The summed E-state index contributed by atoms with van der Waals surface area (Å²) in [6, 6.07) is 18.8. The highest BCUT2D eigenvalue weighted by Crippen LogP contribution is 2.35. The minimum atomic E-state index is 0.138. The van der Waals surface area contributed by atoms with Gasteiger partial charge in [-0.15, -0.1) is 0 Å². The predicted octanol–water partition coefficient (Wildman–Crippen LogP) is 6.90. The van der Waals surface area contributed by atoms with E-state index in [0.717, 1.165) is 51.7 Å². The number of rotatable bonds is 3. The van der Waals surface area contributed by atoms with E-state index in [1.54, 1.807) is 0 Å². The van der Waals surface area contributed by atoms with E-state index in [0.29, 0.717) is 5.71 Å². The van der Waals surface area contributed by atoms with Crippen LogP contribution in [0.25, 0.3) is 33.3 Å². The maximum absolute atomic E-state index is 6.37. The lowest BCUT2D eigenvalue weighted by Crippen LogP contribution is -2.13. The highest BCUT2D eigenvalue weighted by Gasteiger charge is 2.21. The van der Waals surface area contributed by atoms with Gasteiger partial charge in [0.15, 0.2) is 0 Å². The smallest absolute Gasteiger partial charge is 0.227 e. The van der Waals surface area contributed by atoms with E-state index in [9.17, 15) is 0 Å². The van der Waals surface area contributed by atoms with Gasteiger partial charge in [-0.05, 0) is 43.5 Å². The highest BCUT2D eigenvalue weighted by atomic mass is 16.3. The molecule has 30 heavy (non-hydrogen) atoms. The summed E-state index contributed by atoms with van der Waals surface area (Å²) in [7, 11) is 0. The van der Waals surface area contributed by atoms with E-state index in [-0.39, 0.29) is 6.04 Å². The van der Waals surface area contributed by atoms with Crippen LogP contribution in [0.4, 0.5) is 0 Å². The van der Waals surface area contributed by atoms with E-state index in [2.05, 4.69) is 62.9 Å². The molecule has 0 spiro atoms. The van der Waals surface area contributed by atoms with Crippen LogP contribution in [0.15, 0.2) is 88.3 Å². The predicted molar refractivity (Wildman–Crippen MR) is 125 cm³/mol. The fourth-order valence-corrected chi connectivity index (χ4v) is 4.34. The van der Waals surface area contributed by atoms with Gasteiger partial charge in [-0.1, -0.05) is 67.6 Å². The standard InChI is InChI=1S/C27H24N2O/c1-4-18-11-12-20-13-14-21-22-15-16-24(19-9-7-6-8-10-19)29-27(22)30-26(21)25(20)23(5-2)28-17(18)3/h5-11,13-17H,2,4,12H2,1,3H3/b18-11-,28-23-. The minimum Gasteiger partial charge on any atom is -0.437 e. The van der Waals surface area contributed by atoms with Gasteiger partial charge < -0.3 is 4.42 Å². The molecule has 2 aromatic heterocycles. The zero-order valence-electron chi connectivity index (χ0n) is 17.4. The van der Waals surface area contributed by atoms with Crippen LogP contribution in [-0.4, -0.2) is 16.7 Å². The first-order valence-corrected chi connectivity index (χ1v) is 10.5. The normalized spacial score (nSPS) is 20.0. The summed E-state index contributed by atoms with van der Waals surface area (Å²) in [5.74, 6) is 0. The Bertz CT molecular complexity index is 1330. The van der Waals surface area contributed by atoms with Crippen LogP contribution in [0.2, 0.25) is 0 Å². The molecule has 3 heterocycles. The SMILES string of the molecule is C=C/C1=N/C(C)/C(CC)=C\Cc2ccc3c(oc4nc(-c5ccccc5)ccc43)c21. The molecule has 0 bridgehead atoms. The number of aliphatic imine (C=N–C) groups is 1. The van der Waals surface area contributed by atoms with Gasteiger partial charge in [0.25, 0.3) is 0 Å². The summed E-state index contributed by atoms with van der Waals surface area (Å²) in [6.07, 6.45) is 6.03. The summed E-state index contributed by atoms with van der Waals surface area (Å²) in [5.41, 5.74) is 7.99. The Morgan fingerprint density at radius 1 is 1.07 bits per heavy atom. The topological polar surface area (TPSA) is 38.4 Å². The van der Waals surface area contributed by atoms with Gasteiger partial charge in [-0.25, -0.2) is 4.98 Å². The number of pyridine rings is 1. The lowest BCUT2D eigenvalue weighted by molar-refractivity contribution is 0.653. The van der Waals surface area contributed by atoms with Crippen LogP contribution in [-0.2, 0) is 6.42 Å². The van der Waals surface area contributed by atoms with E-state index in [1.807, 2.05) is 24.3 Å². The zero-order chi connectivity index (χ0) is 20.7. The number of benzene rings is 2. The molecule has 2 aromatic carbocycles. The number of fused-ring (bicyclic) bond motifs is 5. The largest absolute Gasteiger partial charge is 0.437 e. The first-order valence-electron chi connectivity index (χ1n) is 10.5. The van der Waals surface area contributed by atoms with Crippen molar-refractivity contribution < 1.29 is 4.42 Å². The molecule has 1 aliphatic heterocycles. The average molecular weight is 393 g/mol. The Kier molecular flexibility index (Phi) is 4.59. The average Bonchev–Trinajstić information content (AvgIpc) is 3.15. The molecule has 1 aliphatic rings. The molecule has 0 aliphatic carbocycles. The van der Waals surface area contributed by atoms with Crippen molar-refractivity contribution in [1.82, 2.24) is 4.98 Å². The quantitative estimate of drug-likeness (QED) is 0.356. The number of hydrogen-bond donors (Lipinski definition) is 0. The van der Waals surface area contributed by atoms with Crippen molar-refractivity contribution in [1.29, 1.82) is 0 Å². The minimum absolute atomic E-state index is 0.138. The highest BCUT2D eigenvalue weighted by molar-refractivity contribution is 6.19. The van der Waals surface area contributed by atoms with Crippen molar-refractivity contribution in [3.63, 3.8) is 0 Å². The van der Waals surface area contributed by atoms with Gasteiger partial charge >= 0.3 is 0 Å². The zero-order valence-corrected chi connectivity index (χ0v) is 17.4. The second kappa shape index (κ2) is 7.42. The van der Waals surface area contributed by atoms with Crippen LogP contribution in [0.5, 0.6) is 0 Å². The maximum Gasteiger partial charge on any atom is 0.227 e. The molecule has 0 saturated heterocycles. The molecule has 4 aromatic rings. The van der Waals surface area contributed by atoms with Crippen LogP contribution in [0.3, 0.4) is 0 Å². The third-order valence-corrected chi connectivity index (χ3v) is 5.97. The monoisotopic (exact) mass is 392 g/mol. The van der Waals surface area contributed by atoms with Crippen LogP contribution in [0.1, 0.15) is 31.4 Å². The van der Waals surface area contributed by atoms with Gasteiger partial charge in [0.05, 0.1) is 17.4 Å². The van der Waals surface area contributed by atoms with Gasteiger partial charge in [0.1, 0.15) is 5.58 Å².